The van der Waals surface area contributed by atoms with Crippen molar-refractivity contribution in [1.82, 2.24) is 14.5 Å². The van der Waals surface area contributed by atoms with Gasteiger partial charge in [-0.05, 0) is 19.1 Å². The molecular formula is C18H20F2N4O2. The van der Waals surface area contributed by atoms with Gasteiger partial charge in [0, 0.05) is 38.1 Å². The van der Waals surface area contributed by atoms with Gasteiger partial charge in [0.25, 0.3) is 0 Å². The first-order valence-electron chi connectivity index (χ1n) is 8.28. The SMILES string of the molecule is Cc1ccc(N2CC(C(=O)N(C)Cc3nccn3C(F)F)CC2=O)cc1. The van der Waals surface area contributed by atoms with E-state index in [1.54, 1.807) is 4.90 Å². The number of carbonyl (C=O) groups excluding carboxylic acids is 2. The van der Waals surface area contributed by atoms with Crippen LogP contribution in [0.3, 0.4) is 0 Å². The number of hydrogen-bond acceptors (Lipinski definition) is 3. The maximum atomic E-state index is 12.9. The van der Waals surface area contributed by atoms with Gasteiger partial charge in [0.1, 0.15) is 5.82 Å². The second kappa shape index (κ2) is 7.23. The Morgan fingerprint density at radius 3 is 2.69 bits per heavy atom. The Morgan fingerprint density at radius 1 is 1.35 bits per heavy atom. The van der Waals surface area contributed by atoms with E-state index in [4.69, 9.17) is 0 Å². The summed E-state index contributed by atoms with van der Waals surface area (Å²) in [4.78, 5) is 31.8. The fourth-order valence-corrected chi connectivity index (χ4v) is 3.09. The van der Waals surface area contributed by atoms with Gasteiger partial charge < -0.3 is 9.80 Å². The molecule has 2 aromatic rings. The number of benzene rings is 1. The smallest absolute Gasteiger partial charge is 0.319 e. The van der Waals surface area contributed by atoms with Crippen LogP contribution < -0.4 is 4.90 Å². The van der Waals surface area contributed by atoms with Crippen molar-refractivity contribution in [2.75, 3.05) is 18.5 Å². The van der Waals surface area contributed by atoms with Gasteiger partial charge in [0.15, 0.2) is 0 Å². The minimum atomic E-state index is -2.71. The van der Waals surface area contributed by atoms with Crippen LogP contribution in [-0.2, 0) is 16.1 Å². The van der Waals surface area contributed by atoms with Crippen molar-refractivity contribution in [2.45, 2.75) is 26.4 Å². The van der Waals surface area contributed by atoms with Crippen molar-refractivity contribution >= 4 is 17.5 Å². The van der Waals surface area contributed by atoms with E-state index in [1.807, 2.05) is 31.2 Å². The zero-order chi connectivity index (χ0) is 18.8. The van der Waals surface area contributed by atoms with Gasteiger partial charge in [0.05, 0.1) is 12.5 Å². The van der Waals surface area contributed by atoms with Gasteiger partial charge in [-0.1, -0.05) is 17.7 Å². The van der Waals surface area contributed by atoms with Crippen molar-refractivity contribution in [2.24, 2.45) is 5.92 Å². The second-order valence-corrected chi connectivity index (χ2v) is 6.46. The average Bonchev–Trinajstić information content (AvgIpc) is 3.21. The van der Waals surface area contributed by atoms with Crippen LogP contribution in [-0.4, -0.2) is 39.9 Å². The van der Waals surface area contributed by atoms with Gasteiger partial charge in [0.2, 0.25) is 11.8 Å². The number of halogens is 2. The molecule has 26 heavy (non-hydrogen) atoms. The molecule has 0 N–H and O–H groups in total. The molecule has 0 bridgehead atoms. The van der Waals surface area contributed by atoms with Crippen LogP contribution in [0.1, 0.15) is 24.4 Å². The topological polar surface area (TPSA) is 58.4 Å². The first kappa shape index (κ1) is 18.0. The van der Waals surface area contributed by atoms with Crippen LogP contribution in [0.2, 0.25) is 0 Å². The zero-order valence-electron chi connectivity index (χ0n) is 14.6. The summed E-state index contributed by atoms with van der Waals surface area (Å²) in [6, 6.07) is 7.52. The molecule has 0 spiro atoms. The van der Waals surface area contributed by atoms with Crippen LogP contribution in [0.4, 0.5) is 14.5 Å². The first-order chi connectivity index (χ1) is 12.4. The number of amides is 2. The van der Waals surface area contributed by atoms with Crippen LogP contribution in [0.15, 0.2) is 36.7 Å². The van der Waals surface area contributed by atoms with Crippen molar-refractivity contribution < 1.29 is 18.4 Å². The maximum absolute atomic E-state index is 12.9. The molecule has 2 amide bonds. The third-order valence-corrected chi connectivity index (χ3v) is 4.53. The van der Waals surface area contributed by atoms with Gasteiger partial charge in [-0.15, -0.1) is 0 Å². The van der Waals surface area contributed by atoms with Crippen LogP contribution >= 0.6 is 0 Å². The van der Waals surface area contributed by atoms with E-state index in [0.717, 1.165) is 15.8 Å². The van der Waals surface area contributed by atoms with Gasteiger partial charge in [-0.3, -0.25) is 14.2 Å². The summed E-state index contributed by atoms with van der Waals surface area (Å²) in [6.07, 6.45) is 2.56. The van der Waals surface area contributed by atoms with E-state index in [0.29, 0.717) is 0 Å². The highest BCUT2D eigenvalue weighted by molar-refractivity contribution is 6.00. The summed E-state index contributed by atoms with van der Waals surface area (Å²) in [5, 5.41) is 0. The molecule has 1 atom stereocenters. The number of imidazole rings is 1. The van der Waals surface area contributed by atoms with E-state index in [-0.39, 0.29) is 37.1 Å². The highest BCUT2D eigenvalue weighted by atomic mass is 19.3. The van der Waals surface area contributed by atoms with Crippen molar-refractivity contribution in [3.05, 3.63) is 48.0 Å². The molecular weight excluding hydrogens is 342 g/mol. The predicted octanol–water partition coefficient (Wildman–Crippen LogP) is 2.60. The van der Waals surface area contributed by atoms with Gasteiger partial charge >= 0.3 is 6.55 Å². The van der Waals surface area contributed by atoms with Crippen LogP contribution in [0.5, 0.6) is 0 Å². The van der Waals surface area contributed by atoms with Crippen molar-refractivity contribution in [3.63, 3.8) is 0 Å². The molecule has 1 aromatic heterocycles. The Hall–Kier alpha value is -2.77. The summed E-state index contributed by atoms with van der Waals surface area (Å²) in [7, 11) is 1.53. The predicted molar refractivity (Wildman–Crippen MR) is 91.6 cm³/mol. The lowest BCUT2D eigenvalue weighted by atomic mass is 10.1. The summed E-state index contributed by atoms with van der Waals surface area (Å²) < 4.78 is 26.5. The molecule has 1 aliphatic heterocycles. The van der Waals surface area contributed by atoms with E-state index in [2.05, 4.69) is 4.98 Å². The van der Waals surface area contributed by atoms with Gasteiger partial charge in [-0.25, -0.2) is 4.98 Å². The maximum Gasteiger partial charge on any atom is 0.319 e. The number of carbonyl (C=O) groups is 2. The molecule has 1 aromatic carbocycles. The Morgan fingerprint density at radius 2 is 2.04 bits per heavy atom. The quantitative estimate of drug-likeness (QED) is 0.822. The lowest BCUT2D eigenvalue weighted by molar-refractivity contribution is -0.135. The third kappa shape index (κ3) is 3.58. The molecule has 1 saturated heterocycles. The molecule has 1 fully saturated rings. The Labute approximate surface area is 150 Å². The minimum absolute atomic E-state index is 0.0363. The molecule has 1 aliphatic rings. The number of nitrogens with zero attached hydrogens (tertiary/aromatic N) is 4. The number of aryl methyl sites for hydroxylation is 1. The molecule has 0 aliphatic carbocycles. The Balaban J connectivity index is 1.67. The average molecular weight is 362 g/mol. The highest BCUT2D eigenvalue weighted by Crippen LogP contribution is 2.27. The number of anilines is 1. The van der Waals surface area contributed by atoms with Gasteiger partial charge in [-0.2, -0.15) is 8.78 Å². The lowest BCUT2D eigenvalue weighted by Crippen LogP contribution is -2.35. The fraction of sp³-hybridized carbons (Fsp3) is 0.389. The summed E-state index contributed by atoms with van der Waals surface area (Å²) >= 11 is 0. The number of alkyl halides is 2. The standard InChI is InChI=1S/C18H20F2N4O2/c1-12-3-5-14(6-4-12)24-10-13(9-16(24)25)17(26)22(2)11-15-21-7-8-23(15)18(19)20/h3-8,13,18H,9-11H2,1-2H3. The second-order valence-electron chi connectivity index (χ2n) is 6.46. The molecule has 138 valence electrons. The largest absolute Gasteiger partial charge is 0.338 e. The van der Waals surface area contributed by atoms with Crippen molar-refractivity contribution in [1.29, 1.82) is 0 Å². The minimum Gasteiger partial charge on any atom is -0.338 e. The monoisotopic (exact) mass is 362 g/mol. The Kier molecular flexibility index (Phi) is 5.01. The highest BCUT2D eigenvalue weighted by Gasteiger charge is 2.36. The van der Waals surface area contributed by atoms with E-state index >= 15 is 0 Å². The van der Waals surface area contributed by atoms with E-state index < -0.39 is 12.5 Å². The van der Waals surface area contributed by atoms with Crippen LogP contribution in [0.25, 0.3) is 0 Å². The van der Waals surface area contributed by atoms with E-state index in [9.17, 15) is 18.4 Å². The molecule has 6 nitrogen and oxygen atoms in total. The molecule has 3 rings (SSSR count). The summed E-state index contributed by atoms with van der Waals surface area (Å²) in [5.41, 5.74) is 1.84. The number of rotatable bonds is 5. The first-order valence-corrected chi connectivity index (χ1v) is 8.28. The fourth-order valence-electron chi connectivity index (χ4n) is 3.09. The Bertz CT molecular complexity index is 804. The molecule has 0 saturated carbocycles. The summed E-state index contributed by atoms with van der Waals surface area (Å²) in [6.45, 7) is -0.499. The number of aromatic nitrogens is 2. The molecule has 8 heteroatoms. The van der Waals surface area contributed by atoms with Crippen LogP contribution in [0, 0.1) is 12.8 Å². The molecule has 1 unspecified atom stereocenters. The molecule has 0 radical (unpaired) electrons. The lowest BCUT2D eigenvalue weighted by Gasteiger charge is -2.21. The molecule has 2 heterocycles. The normalized spacial score (nSPS) is 17.2. The zero-order valence-corrected chi connectivity index (χ0v) is 14.6. The third-order valence-electron chi connectivity index (χ3n) is 4.53. The number of hydrogen-bond donors (Lipinski definition) is 0. The van der Waals surface area contributed by atoms with E-state index in [1.165, 1.54) is 24.3 Å². The van der Waals surface area contributed by atoms with Crippen molar-refractivity contribution in [3.8, 4) is 0 Å². The summed E-state index contributed by atoms with van der Waals surface area (Å²) in [5.74, 6) is -0.759.